The number of hydrogen-bond donors (Lipinski definition) is 0. The molecule has 4 rings (SSSR count). The zero-order valence-corrected chi connectivity index (χ0v) is 16.2. The van der Waals surface area contributed by atoms with Crippen LogP contribution in [-0.2, 0) is 28.2 Å². The van der Waals surface area contributed by atoms with Crippen LogP contribution >= 0.6 is 0 Å². The fourth-order valence-corrected chi connectivity index (χ4v) is 3.51. The van der Waals surface area contributed by atoms with Crippen molar-refractivity contribution in [2.45, 2.75) is 0 Å². The van der Waals surface area contributed by atoms with E-state index in [0.29, 0.717) is 22.2 Å². The van der Waals surface area contributed by atoms with E-state index in [-0.39, 0.29) is 11.4 Å². The highest BCUT2D eigenvalue weighted by Gasteiger charge is 2.23. The molecule has 2 aromatic carbocycles. The summed E-state index contributed by atoms with van der Waals surface area (Å²) in [6.07, 6.45) is 0. The highest BCUT2D eigenvalue weighted by Crippen LogP contribution is 2.27. The number of fused-ring (bicyclic) bond motifs is 2. The largest absolute Gasteiger partial charge is 0.353 e. The second-order valence-corrected chi connectivity index (χ2v) is 6.77. The van der Waals surface area contributed by atoms with Crippen molar-refractivity contribution >= 4 is 39.0 Å². The Morgan fingerprint density at radius 2 is 1.48 bits per heavy atom. The normalized spacial score (nSPS) is 12.2. The molecule has 4 aromatic rings. The fourth-order valence-electron chi connectivity index (χ4n) is 3.51. The molecule has 11 heteroatoms. The first kappa shape index (κ1) is 18.3. The van der Waals surface area contributed by atoms with Crippen molar-refractivity contribution in [3.05, 3.63) is 62.1 Å². The summed E-state index contributed by atoms with van der Waals surface area (Å²) >= 11 is 0. The third-order valence-corrected chi connectivity index (χ3v) is 5.29. The van der Waals surface area contributed by atoms with Gasteiger partial charge in [-0.2, -0.15) is 4.68 Å². The molecular weight excluding hydrogens is 378 g/mol. The maximum Gasteiger partial charge on any atom is 0.353 e. The number of nitro benzene ring substituents is 2. The molecule has 29 heavy (non-hydrogen) atoms. The summed E-state index contributed by atoms with van der Waals surface area (Å²) in [6, 6.07) is 9.27. The summed E-state index contributed by atoms with van der Waals surface area (Å²) in [4.78, 5) is 26.3. The third kappa shape index (κ3) is 2.66. The number of nitrogens with zero attached hydrogens (tertiary/aromatic N) is 7. The Kier molecular flexibility index (Phi) is 3.96. The molecule has 0 radical (unpaired) electrons. The summed E-state index contributed by atoms with van der Waals surface area (Å²) in [6.45, 7) is 0. The Balaban J connectivity index is 2.08. The zero-order chi connectivity index (χ0) is 21.0. The van der Waals surface area contributed by atoms with E-state index in [1.54, 1.807) is 40.3 Å². The number of nitro groups is 2. The Morgan fingerprint density at radius 3 is 2.14 bits per heavy atom. The van der Waals surface area contributed by atoms with Gasteiger partial charge in [0.05, 0.1) is 31.7 Å². The van der Waals surface area contributed by atoms with Gasteiger partial charge in [0, 0.05) is 45.4 Å². The average Bonchev–Trinajstić information content (AvgIpc) is 3.08. The molecule has 0 aliphatic rings. The molecule has 0 fully saturated rings. The topological polar surface area (TPSA) is 117 Å². The van der Waals surface area contributed by atoms with E-state index in [2.05, 4.69) is 0 Å². The van der Waals surface area contributed by atoms with Crippen LogP contribution in [0.15, 0.2) is 41.4 Å². The quantitative estimate of drug-likeness (QED) is 0.298. The standard InChI is InChI=1S/C18H18N7O4/c1-20-15-8-6-11(24(26)27)9-14(15)18(23(20)4)19-17-13-7-5-12(25(28)29)10-16(13)21(2)22(17)3/h5-10H,1-4H3/q+1. The van der Waals surface area contributed by atoms with E-state index < -0.39 is 9.85 Å². The minimum absolute atomic E-state index is 0.00316. The SMILES string of the molecule is Cn1c(=Nc2c3ccc([N+](=O)[O-])cc3n(C)[n+]2C)c2cc([N+](=O)[O-])ccc2n1C. The predicted octanol–water partition coefficient (Wildman–Crippen LogP) is 1.88. The van der Waals surface area contributed by atoms with E-state index in [0.717, 1.165) is 10.9 Å². The number of benzene rings is 2. The number of rotatable bonds is 3. The second kappa shape index (κ2) is 6.26. The lowest BCUT2D eigenvalue weighted by Crippen LogP contribution is -2.37. The van der Waals surface area contributed by atoms with Crippen LogP contribution in [0.1, 0.15) is 0 Å². The van der Waals surface area contributed by atoms with E-state index in [4.69, 9.17) is 4.99 Å². The Bertz CT molecular complexity index is 1410. The van der Waals surface area contributed by atoms with Gasteiger partial charge >= 0.3 is 5.82 Å². The molecule has 0 saturated carbocycles. The summed E-state index contributed by atoms with van der Waals surface area (Å²) in [5, 5.41) is 23.7. The first-order valence-electron chi connectivity index (χ1n) is 8.68. The highest BCUT2D eigenvalue weighted by molar-refractivity contribution is 5.89. The van der Waals surface area contributed by atoms with E-state index in [1.165, 1.54) is 24.3 Å². The van der Waals surface area contributed by atoms with Crippen LogP contribution in [0.3, 0.4) is 0 Å². The lowest BCUT2D eigenvalue weighted by Gasteiger charge is -1.98. The number of hydrogen-bond acceptors (Lipinski definition) is 5. The molecule has 0 amide bonds. The molecule has 11 nitrogen and oxygen atoms in total. The molecule has 0 saturated heterocycles. The van der Waals surface area contributed by atoms with Crippen LogP contribution in [0.2, 0.25) is 0 Å². The third-order valence-electron chi connectivity index (χ3n) is 5.29. The van der Waals surface area contributed by atoms with Gasteiger partial charge in [-0.3, -0.25) is 24.9 Å². The van der Waals surface area contributed by atoms with Crippen LogP contribution in [-0.4, -0.2) is 23.9 Å². The maximum absolute atomic E-state index is 11.2. The average molecular weight is 396 g/mol. The Morgan fingerprint density at radius 1 is 0.862 bits per heavy atom. The van der Waals surface area contributed by atoms with Crippen LogP contribution < -0.4 is 10.2 Å². The molecular formula is C18H18N7O4+. The molecule has 0 N–H and O–H groups in total. The molecule has 0 aliphatic carbocycles. The van der Waals surface area contributed by atoms with E-state index >= 15 is 0 Å². The van der Waals surface area contributed by atoms with Crippen molar-refractivity contribution in [3.63, 3.8) is 0 Å². The van der Waals surface area contributed by atoms with Crippen LogP contribution in [0, 0.1) is 20.2 Å². The minimum Gasteiger partial charge on any atom is -0.285 e. The van der Waals surface area contributed by atoms with Crippen molar-refractivity contribution in [2.24, 2.45) is 33.2 Å². The van der Waals surface area contributed by atoms with Crippen molar-refractivity contribution in [2.75, 3.05) is 0 Å². The predicted molar refractivity (Wildman–Crippen MR) is 105 cm³/mol. The second-order valence-electron chi connectivity index (χ2n) is 6.77. The summed E-state index contributed by atoms with van der Waals surface area (Å²) in [7, 11) is 7.26. The lowest BCUT2D eigenvalue weighted by atomic mass is 10.2. The van der Waals surface area contributed by atoms with Gasteiger partial charge < -0.3 is 0 Å². The first-order valence-corrected chi connectivity index (χ1v) is 8.68. The minimum atomic E-state index is -0.437. The van der Waals surface area contributed by atoms with Crippen molar-refractivity contribution in [1.82, 2.24) is 14.0 Å². The van der Waals surface area contributed by atoms with Crippen molar-refractivity contribution in [1.29, 1.82) is 0 Å². The van der Waals surface area contributed by atoms with Crippen molar-refractivity contribution < 1.29 is 14.5 Å². The maximum atomic E-state index is 11.2. The molecule has 0 atom stereocenters. The fraction of sp³-hybridized carbons (Fsp3) is 0.222. The molecule has 0 unspecified atom stereocenters. The van der Waals surface area contributed by atoms with Gasteiger partial charge in [0.25, 0.3) is 16.9 Å². The summed E-state index contributed by atoms with van der Waals surface area (Å²) in [5.41, 5.74) is 1.99. The first-order chi connectivity index (χ1) is 13.7. The van der Waals surface area contributed by atoms with E-state index in [1.807, 2.05) is 18.8 Å². The highest BCUT2D eigenvalue weighted by atomic mass is 16.6. The van der Waals surface area contributed by atoms with Gasteiger partial charge in [0.2, 0.25) is 0 Å². The molecule has 0 bridgehead atoms. The zero-order valence-electron chi connectivity index (χ0n) is 16.2. The number of aromatic nitrogens is 4. The molecule has 148 valence electrons. The van der Waals surface area contributed by atoms with Crippen LogP contribution in [0.5, 0.6) is 0 Å². The van der Waals surface area contributed by atoms with Gasteiger partial charge in [0.1, 0.15) is 7.05 Å². The molecule has 0 aliphatic heterocycles. The molecule has 2 aromatic heterocycles. The smallest absolute Gasteiger partial charge is 0.285 e. The van der Waals surface area contributed by atoms with Crippen molar-refractivity contribution in [3.8, 4) is 0 Å². The Hall–Kier alpha value is -4.02. The van der Waals surface area contributed by atoms with Crippen LogP contribution in [0.4, 0.5) is 17.2 Å². The lowest BCUT2D eigenvalue weighted by molar-refractivity contribution is -0.737. The Labute approximate surface area is 163 Å². The summed E-state index contributed by atoms with van der Waals surface area (Å²) < 4.78 is 7.21. The summed E-state index contributed by atoms with van der Waals surface area (Å²) in [5.74, 6) is 0.590. The molecule has 0 spiro atoms. The van der Waals surface area contributed by atoms with Gasteiger partial charge in [0.15, 0.2) is 0 Å². The van der Waals surface area contributed by atoms with Gasteiger partial charge in [-0.15, -0.1) is 0 Å². The van der Waals surface area contributed by atoms with Gasteiger partial charge in [-0.25, -0.2) is 9.36 Å². The number of aryl methyl sites for hydroxylation is 2. The van der Waals surface area contributed by atoms with Crippen LogP contribution in [0.25, 0.3) is 21.8 Å². The van der Waals surface area contributed by atoms with Gasteiger partial charge in [-0.1, -0.05) is 0 Å². The number of non-ortho nitro benzene ring substituents is 2. The molecule has 2 heterocycles. The monoisotopic (exact) mass is 396 g/mol. The van der Waals surface area contributed by atoms with Gasteiger partial charge in [-0.05, 0) is 17.1 Å². The van der Waals surface area contributed by atoms with E-state index in [9.17, 15) is 20.2 Å².